The monoisotopic (exact) mass is 264 g/mol. The zero-order chi connectivity index (χ0) is 13.9. The minimum Gasteiger partial charge on any atom is -0.434 e. The molecular formula is C16H24O3. The summed E-state index contributed by atoms with van der Waals surface area (Å²) in [5.41, 5.74) is 1.06. The van der Waals surface area contributed by atoms with Crippen molar-refractivity contribution in [2.45, 2.75) is 52.4 Å². The molecule has 0 aliphatic carbocycles. The molecular weight excluding hydrogens is 240 g/mol. The van der Waals surface area contributed by atoms with Gasteiger partial charge in [0.15, 0.2) is 0 Å². The first-order valence-electron chi connectivity index (χ1n) is 7.20. The van der Waals surface area contributed by atoms with Crippen LogP contribution in [0, 0.1) is 0 Å². The third-order valence-electron chi connectivity index (χ3n) is 2.93. The van der Waals surface area contributed by atoms with E-state index in [9.17, 15) is 4.79 Å². The highest BCUT2D eigenvalue weighted by Gasteiger charge is 2.09. The molecule has 0 heterocycles. The molecule has 0 unspecified atom stereocenters. The van der Waals surface area contributed by atoms with Crippen molar-refractivity contribution in [3.63, 3.8) is 0 Å². The van der Waals surface area contributed by atoms with E-state index in [1.807, 2.05) is 24.3 Å². The van der Waals surface area contributed by atoms with Gasteiger partial charge in [-0.3, -0.25) is 0 Å². The minimum atomic E-state index is -0.597. The molecule has 3 heteroatoms. The molecule has 0 spiro atoms. The molecule has 0 N–H and O–H groups in total. The van der Waals surface area contributed by atoms with Crippen molar-refractivity contribution in [1.82, 2.24) is 0 Å². The van der Waals surface area contributed by atoms with E-state index < -0.39 is 6.16 Å². The molecule has 3 nitrogen and oxygen atoms in total. The lowest BCUT2D eigenvalue weighted by Gasteiger charge is -2.09. The van der Waals surface area contributed by atoms with Crippen LogP contribution < -0.4 is 4.74 Å². The lowest BCUT2D eigenvalue weighted by Crippen LogP contribution is -2.12. The zero-order valence-corrected chi connectivity index (χ0v) is 12.0. The lowest BCUT2D eigenvalue weighted by atomic mass is 10.1. The highest BCUT2D eigenvalue weighted by molar-refractivity contribution is 5.64. The Kier molecular flexibility index (Phi) is 7.71. The van der Waals surface area contributed by atoms with Gasteiger partial charge in [-0.2, -0.15) is 0 Å². The quantitative estimate of drug-likeness (QED) is 0.386. The predicted octanol–water partition coefficient (Wildman–Crippen LogP) is 4.73. The van der Waals surface area contributed by atoms with Gasteiger partial charge in [-0.05, 0) is 30.9 Å². The van der Waals surface area contributed by atoms with Crippen molar-refractivity contribution < 1.29 is 14.3 Å². The summed E-state index contributed by atoms with van der Waals surface area (Å²) in [5.74, 6) is 0.622. The van der Waals surface area contributed by atoms with Crippen LogP contribution in [0.5, 0.6) is 5.75 Å². The van der Waals surface area contributed by atoms with E-state index in [1.54, 1.807) is 0 Å². The number of hydrogen-bond acceptors (Lipinski definition) is 3. The number of aryl methyl sites for hydroxylation is 1. The molecule has 0 saturated heterocycles. The first kappa shape index (κ1) is 15.5. The molecule has 0 radical (unpaired) electrons. The molecule has 0 aromatic heterocycles. The molecule has 0 saturated carbocycles. The van der Waals surface area contributed by atoms with E-state index in [0.717, 1.165) is 44.1 Å². The third kappa shape index (κ3) is 6.27. The van der Waals surface area contributed by atoms with Crippen molar-refractivity contribution in [1.29, 1.82) is 0 Å². The van der Waals surface area contributed by atoms with Gasteiger partial charge < -0.3 is 9.47 Å². The number of para-hydroxylation sites is 1. The molecule has 0 aliphatic heterocycles. The maximum absolute atomic E-state index is 11.6. The number of unbranched alkanes of at least 4 members (excludes halogenated alkanes) is 3. The van der Waals surface area contributed by atoms with Gasteiger partial charge in [-0.15, -0.1) is 0 Å². The SMILES string of the molecule is CCCCCOC(=O)Oc1ccccc1CCCC. The van der Waals surface area contributed by atoms with Gasteiger partial charge in [-0.25, -0.2) is 4.79 Å². The molecule has 0 aliphatic rings. The van der Waals surface area contributed by atoms with Gasteiger partial charge in [0, 0.05) is 0 Å². The summed E-state index contributed by atoms with van der Waals surface area (Å²) >= 11 is 0. The number of ether oxygens (including phenoxy) is 2. The van der Waals surface area contributed by atoms with E-state index in [2.05, 4.69) is 13.8 Å². The second-order valence-electron chi connectivity index (χ2n) is 4.62. The van der Waals surface area contributed by atoms with Crippen molar-refractivity contribution in [3.05, 3.63) is 29.8 Å². The summed E-state index contributed by atoms with van der Waals surface area (Å²) < 4.78 is 10.3. The highest BCUT2D eigenvalue weighted by atomic mass is 16.7. The van der Waals surface area contributed by atoms with Crippen LogP contribution in [0.1, 0.15) is 51.5 Å². The fourth-order valence-electron chi connectivity index (χ4n) is 1.80. The minimum absolute atomic E-state index is 0.434. The second-order valence-corrected chi connectivity index (χ2v) is 4.62. The van der Waals surface area contributed by atoms with Crippen molar-refractivity contribution in [2.75, 3.05) is 6.61 Å². The van der Waals surface area contributed by atoms with E-state index >= 15 is 0 Å². The van der Waals surface area contributed by atoms with E-state index in [-0.39, 0.29) is 0 Å². The van der Waals surface area contributed by atoms with E-state index in [4.69, 9.17) is 9.47 Å². The maximum Gasteiger partial charge on any atom is 0.513 e. The third-order valence-corrected chi connectivity index (χ3v) is 2.93. The Morgan fingerprint density at radius 2 is 1.79 bits per heavy atom. The summed E-state index contributed by atoms with van der Waals surface area (Å²) in [5, 5.41) is 0. The molecule has 1 aromatic rings. The Balaban J connectivity index is 2.44. The smallest absolute Gasteiger partial charge is 0.434 e. The normalized spacial score (nSPS) is 10.2. The van der Waals surface area contributed by atoms with Gasteiger partial charge in [0.2, 0.25) is 0 Å². The Labute approximate surface area is 115 Å². The molecule has 0 fully saturated rings. The Bertz CT molecular complexity index is 374. The molecule has 1 rings (SSSR count). The predicted molar refractivity (Wildman–Crippen MR) is 76.6 cm³/mol. The number of carbonyl (C=O) groups is 1. The maximum atomic E-state index is 11.6. The van der Waals surface area contributed by atoms with Crippen LogP contribution in [0.4, 0.5) is 4.79 Å². The summed E-state index contributed by atoms with van der Waals surface area (Å²) in [4.78, 5) is 11.6. The van der Waals surface area contributed by atoms with Crippen LogP contribution in [0.25, 0.3) is 0 Å². The van der Waals surface area contributed by atoms with Crippen molar-refractivity contribution in [3.8, 4) is 5.75 Å². The first-order valence-corrected chi connectivity index (χ1v) is 7.20. The second kappa shape index (κ2) is 9.42. The van der Waals surface area contributed by atoms with Crippen molar-refractivity contribution in [2.24, 2.45) is 0 Å². The standard InChI is InChI=1S/C16H24O3/c1-3-5-9-13-18-16(17)19-15-12-8-7-11-14(15)10-6-4-2/h7-8,11-12H,3-6,9-10,13H2,1-2H3. The van der Waals surface area contributed by atoms with E-state index in [0.29, 0.717) is 12.4 Å². The van der Waals surface area contributed by atoms with Gasteiger partial charge >= 0.3 is 6.16 Å². The topological polar surface area (TPSA) is 35.5 Å². The Morgan fingerprint density at radius 1 is 1.05 bits per heavy atom. The lowest BCUT2D eigenvalue weighted by molar-refractivity contribution is 0.0971. The van der Waals surface area contributed by atoms with Crippen LogP contribution in [0.3, 0.4) is 0 Å². The average molecular weight is 264 g/mol. The zero-order valence-electron chi connectivity index (χ0n) is 12.0. The number of benzene rings is 1. The summed E-state index contributed by atoms with van der Waals surface area (Å²) in [6.45, 7) is 4.69. The van der Waals surface area contributed by atoms with Gasteiger partial charge in [0.05, 0.1) is 6.61 Å². The fourth-order valence-corrected chi connectivity index (χ4v) is 1.80. The van der Waals surface area contributed by atoms with Crippen LogP contribution in [-0.2, 0) is 11.2 Å². The molecule has 0 bridgehead atoms. The summed E-state index contributed by atoms with van der Waals surface area (Å²) in [6, 6.07) is 7.65. The van der Waals surface area contributed by atoms with Crippen LogP contribution in [0.2, 0.25) is 0 Å². The number of hydrogen-bond donors (Lipinski definition) is 0. The molecule has 1 aromatic carbocycles. The largest absolute Gasteiger partial charge is 0.513 e. The van der Waals surface area contributed by atoms with Gasteiger partial charge in [-0.1, -0.05) is 51.3 Å². The van der Waals surface area contributed by atoms with Crippen LogP contribution >= 0.6 is 0 Å². The molecule has 0 atom stereocenters. The van der Waals surface area contributed by atoms with Gasteiger partial charge in [0.25, 0.3) is 0 Å². The summed E-state index contributed by atoms with van der Waals surface area (Å²) in [6.07, 6.45) is 5.61. The Morgan fingerprint density at radius 3 is 2.53 bits per heavy atom. The molecule has 0 amide bonds. The highest BCUT2D eigenvalue weighted by Crippen LogP contribution is 2.20. The van der Waals surface area contributed by atoms with Crippen LogP contribution in [0.15, 0.2) is 24.3 Å². The first-order chi connectivity index (χ1) is 9.27. The fraction of sp³-hybridized carbons (Fsp3) is 0.562. The molecule has 106 valence electrons. The summed E-state index contributed by atoms with van der Waals surface area (Å²) in [7, 11) is 0. The number of rotatable bonds is 8. The molecule has 19 heavy (non-hydrogen) atoms. The average Bonchev–Trinajstić information content (AvgIpc) is 2.43. The van der Waals surface area contributed by atoms with Crippen LogP contribution in [-0.4, -0.2) is 12.8 Å². The van der Waals surface area contributed by atoms with Crippen molar-refractivity contribution >= 4 is 6.16 Å². The number of carbonyl (C=O) groups excluding carboxylic acids is 1. The van der Waals surface area contributed by atoms with Gasteiger partial charge in [0.1, 0.15) is 5.75 Å². The Hall–Kier alpha value is -1.51. The van der Waals surface area contributed by atoms with E-state index in [1.165, 1.54) is 0 Å².